The fourth-order valence-corrected chi connectivity index (χ4v) is 2.48. The molecule has 0 radical (unpaired) electrons. The molecule has 0 atom stereocenters. The van der Waals surface area contributed by atoms with Gasteiger partial charge in [-0.25, -0.2) is 0 Å². The van der Waals surface area contributed by atoms with Gasteiger partial charge in [0.15, 0.2) is 0 Å². The Morgan fingerprint density at radius 3 is 2.41 bits per heavy atom. The van der Waals surface area contributed by atoms with Crippen molar-refractivity contribution in [2.24, 2.45) is 0 Å². The minimum absolute atomic E-state index is 0.0455. The standard InChI is InChI=1S/C21H26N4O4/c1-15(26)25(2)19-9-7-17(8-10-19)24-20(27)14-23-18-6-4-5-16(13-18)21(28)22-11-12-29-3/h4-10,13,23H,11-12,14H2,1-3H3,(H,22,28)(H,24,27). The molecule has 2 rings (SSSR count). The van der Waals surface area contributed by atoms with Crippen molar-refractivity contribution in [1.82, 2.24) is 5.32 Å². The molecule has 3 N–H and O–H groups in total. The summed E-state index contributed by atoms with van der Waals surface area (Å²) in [5.74, 6) is -0.501. The van der Waals surface area contributed by atoms with E-state index in [4.69, 9.17) is 4.74 Å². The molecule has 0 spiro atoms. The molecule has 3 amide bonds. The number of rotatable bonds is 9. The number of ether oxygens (including phenoxy) is 1. The van der Waals surface area contributed by atoms with Gasteiger partial charge in [0, 0.05) is 50.3 Å². The first kappa shape index (κ1) is 21.9. The Labute approximate surface area is 170 Å². The summed E-state index contributed by atoms with van der Waals surface area (Å²) in [5.41, 5.74) is 2.53. The molecule has 0 unspecified atom stereocenters. The largest absolute Gasteiger partial charge is 0.383 e. The molecule has 0 bridgehead atoms. The number of hydrogen-bond donors (Lipinski definition) is 3. The van der Waals surface area contributed by atoms with Crippen LogP contribution in [0.2, 0.25) is 0 Å². The predicted molar refractivity (Wildman–Crippen MR) is 113 cm³/mol. The van der Waals surface area contributed by atoms with E-state index in [2.05, 4.69) is 16.0 Å². The average Bonchev–Trinajstić information content (AvgIpc) is 2.72. The second-order valence-corrected chi connectivity index (χ2v) is 6.36. The maximum absolute atomic E-state index is 12.2. The molecule has 0 aliphatic heterocycles. The monoisotopic (exact) mass is 398 g/mol. The van der Waals surface area contributed by atoms with Crippen molar-refractivity contribution in [3.63, 3.8) is 0 Å². The first-order valence-electron chi connectivity index (χ1n) is 9.16. The van der Waals surface area contributed by atoms with E-state index >= 15 is 0 Å². The van der Waals surface area contributed by atoms with Gasteiger partial charge in [0.1, 0.15) is 0 Å². The fraction of sp³-hybridized carbons (Fsp3) is 0.286. The number of nitrogens with one attached hydrogen (secondary N) is 3. The SMILES string of the molecule is COCCNC(=O)c1cccc(NCC(=O)Nc2ccc(N(C)C(C)=O)cc2)c1. The van der Waals surface area contributed by atoms with E-state index in [9.17, 15) is 14.4 Å². The summed E-state index contributed by atoms with van der Waals surface area (Å²) in [6, 6.07) is 13.9. The molecule has 0 saturated carbocycles. The zero-order valence-corrected chi connectivity index (χ0v) is 16.8. The van der Waals surface area contributed by atoms with Crippen molar-refractivity contribution in [3.8, 4) is 0 Å². The molecule has 154 valence electrons. The van der Waals surface area contributed by atoms with Gasteiger partial charge in [0.05, 0.1) is 13.2 Å². The molecule has 0 fully saturated rings. The van der Waals surface area contributed by atoms with Crippen LogP contribution in [0.25, 0.3) is 0 Å². The quantitative estimate of drug-likeness (QED) is 0.562. The second kappa shape index (κ2) is 10.8. The molecule has 2 aromatic carbocycles. The van der Waals surface area contributed by atoms with Crippen LogP contribution in [-0.2, 0) is 14.3 Å². The molecule has 0 aromatic heterocycles. The van der Waals surface area contributed by atoms with E-state index in [0.29, 0.717) is 30.1 Å². The first-order chi connectivity index (χ1) is 13.9. The fourth-order valence-electron chi connectivity index (χ4n) is 2.48. The number of amides is 3. The van der Waals surface area contributed by atoms with Crippen LogP contribution in [0.4, 0.5) is 17.1 Å². The van der Waals surface area contributed by atoms with Gasteiger partial charge < -0.3 is 25.6 Å². The number of carbonyl (C=O) groups excluding carboxylic acids is 3. The van der Waals surface area contributed by atoms with E-state index in [1.54, 1.807) is 62.7 Å². The van der Waals surface area contributed by atoms with Crippen LogP contribution in [0.5, 0.6) is 0 Å². The second-order valence-electron chi connectivity index (χ2n) is 6.36. The molecule has 2 aromatic rings. The minimum Gasteiger partial charge on any atom is -0.383 e. The van der Waals surface area contributed by atoms with Crippen LogP contribution in [0.15, 0.2) is 48.5 Å². The average molecular weight is 398 g/mol. The molecule has 0 aliphatic rings. The van der Waals surface area contributed by atoms with Crippen molar-refractivity contribution in [1.29, 1.82) is 0 Å². The smallest absolute Gasteiger partial charge is 0.251 e. The van der Waals surface area contributed by atoms with Crippen LogP contribution in [0, 0.1) is 0 Å². The summed E-state index contributed by atoms with van der Waals surface area (Å²) in [6.07, 6.45) is 0. The Bertz CT molecular complexity index is 852. The molecule has 29 heavy (non-hydrogen) atoms. The van der Waals surface area contributed by atoms with Crippen LogP contribution in [0.1, 0.15) is 17.3 Å². The number of carbonyl (C=O) groups is 3. The number of benzene rings is 2. The molecule has 0 heterocycles. The van der Waals surface area contributed by atoms with E-state index in [0.717, 1.165) is 5.69 Å². The van der Waals surface area contributed by atoms with Gasteiger partial charge in [-0.2, -0.15) is 0 Å². The van der Waals surface area contributed by atoms with Crippen molar-refractivity contribution < 1.29 is 19.1 Å². The van der Waals surface area contributed by atoms with Gasteiger partial charge in [-0.15, -0.1) is 0 Å². The topological polar surface area (TPSA) is 99.8 Å². The Morgan fingerprint density at radius 2 is 1.76 bits per heavy atom. The highest BCUT2D eigenvalue weighted by molar-refractivity contribution is 5.96. The van der Waals surface area contributed by atoms with Gasteiger partial charge in [-0.1, -0.05) is 6.07 Å². The lowest BCUT2D eigenvalue weighted by Crippen LogP contribution is -2.27. The molecule has 8 heteroatoms. The van der Waals surface area contributed by atoms with Crippen LogP contribution in [-0.4, -0.2) is 51.6 Å². The first-order valence-corrected chi connectivity index (χ1v) is 9.16. The Morgan fingerprint density at radius 1 is 1.03 bits per heavy atom. The number of methoxy groups -OCH3 is 1. The van der Waals surface area contributed by atoms with E-state index in [1.165, 1.54) is 11.8 Å². The van der Waals surface area contributed by atoms with Crippen molar-refractivity contribution in [3.05, 3.63) is 54.1 Å². The highest BCUT2D eigenvalue weighted by Crippen LogP contribution is 2.17. The van der Waals surface area contributed by atoms with E-state index in [-0.39, 0.29) is 24.3 Å². The summed E-state index contributed by atoms with van der Waals surface area (Å²) < 4.78 is 4.91. The summed E-state index contributed by atoms with van der Waals surface area (Å²) in [5, 5.41) is 8.53. The van der Waals surface area contributed by atoms with Gasteiger partial charge in [-0.05, 0) is 42.5 Å². The third kappa shape index (κ3) is 6.93. The summed E-state index contributed by atoms with van der Waals surface area (Å²) >= 11 is 0. The number of anilines is 3. The lowest BCUT2D eigenvalue weighted by molar-refractivity contribution is -0.116. The zero-order chi connectivity index (χ0) is 21.2. The summed E-state index contributed by atoms with van der Waals surface area (Å²) in [7, 11) is 3.26. The lowest BCUT2D eigenvalue weighted by Gasteiger charge is -2.15. The van der Waals surface area contributed by atoms with Crippen LogP contribution < -0.4 is 20.9 Å². The summed E-state index contributed by atoms with van der Waals surface area (Å²) in [6.45, 7) is 2.40. The normalized spacial score (nSPS) is 10.2. The predicted octanol–water partition coefficient (Wildman–Crippen LogP) is 2.10. The van der Waals surface area contributed by atoms with Crippen LogP contribution >= 0.6 is 0 Å². The highest BCUT2D eigenvalue weighted by Gasteiger charge is 2.08. The molecular formula is C21H26N4O4. The molecule has 8 nitrogen and oxygen atoms in total. The third-order valence-corrected chi connectivity index (χ3v) is 4.18. The van der Waals surface area contributed by atoms with Crippen molar-refractivity contribution >= 4 is 34.8 Å². The Hall–Kier alpha value is -3.39. The van der Waals surface area contributed by atoms with Gasteiger partial charge in [0.25, 0.3) is 5.91 Å². The van der Waals surface area contributed by atoms with Crippen molar-refractivity contribution in [2.75, 3.05) is 49.4 Å². The van der Waals surface area contributed by atoms with E-state index in [1.807, 2.05) is 0 Å². The Balaban J connectivity index is 1.87. The molecule has 0 saturated heterocycles. The Kier molecular flexibility index (Phi) is 8.17. The molecular weight excluding hydrogens is 372 g/mol. The minimum atomic E-state index is -0.229. The maximum atomic E-state index is 12.2. The van der Waals surface area contributed by atoms with Gasteiger partial charge in [-0.3, -0.25) is 14.4 Å². The highest BCUT2D eigenvalue weighted by atomic mass is 16.5. The van der Waals surface area contributed by atoms with E-state index < -0.39 is 0 Å². The zero-order valence-electron chi connectivity index (χ0n) is 16.8. The van der Waals surface area contributed by atoms with Gasteiger partial charge >= 0.3 is 0 Å². The summed E-state index contributed by atoms with van der Waals surface area (Å²) in [4.78, 5) is 37.1. The maximum Gasteiger partial charge on any atom is 0.251 e. The number of nitrogens with zero attached hydrogens (tertiary/aromatic N) is 1. The molecule has 0 aliphatic carbocycles. The van der Waals surface area contributed by atoms with Crippen LogP contribution in [0.3, 0.4) is 0 Å². The number of hydrogen-bond acceptors (Lipinski definition) is 5. The third-order valence-electron chi connectivity index (χ3n) is 4.18. The van der Waals surface area contributed by atoms with Crippen molar-refractivity contribution in [2.45, 2.75) is 6.92 Å². The van der Waals surface area contributed by atoms with Gasteiger partial charge in [0.2, 0.25) is 11.8 Å². The lowest BCUT2D eigenvalue weighted by atomic mass is 10.2.